The van der Waals surface area contributed by atoms with Gasteiger partial charge < -0.3 is 24.3 Å². The van der Waals surface area contributed by atoms with Crippen molar-refractivity contribution in [2.45, 2.75) is 32.4 Å². The van der Waals surface area contributed by atoms with Crippen LogP contribution in [0.15, 0.2) is 48.7 Å². The molecule has 2 atom stereocenters. The van der Waals surface area contributed by atoms with Gasteiger partial charge in [0.2, 0.25) is 0 Å². The number of pyridine rings is 1. The Bertz CT molecular complexity index is 1340. The lowest BCUT2D eigenvalue weighted by Gasteiger charge is -2.30. The summed E-state index contributed by atoms with van der Waals surface area (Å²) in [5, 5.41) is 15.6. The number of nitrogens with one attached hydrogen (secondary N) is 1. The number of hydrogen-bond donors (Lipinski definition) is 1. The third-order valence-electron chi connectivity index (χ3n) is 7.58. The third-order valence-corrected chi connectivity index (χ3v) is 7.93. The Morgan fingerprint density at radius 3 is 2.67 bits per heavy atom. The molecule has 1 N–H and O–H groups in total. The van der Waals surface area contributed by atoms with Gasteiger partial charge in [-0.15, -0.1) is 0 Å². The molecule has 2 saturated heterocycles. The topological polar surface area (TPSA) is 97.9 Å². The first kappa shape index (κ1) is 27.0. The Hall–Kier alpha value is -3.54. The summed E-state index contributed by atoms with van der Waals surface area (Å²) in [5.41, 5.74) is 4.83. The first-order chi connectivity index (χ1) is 18.9. The second-order valence-electron chi connectivity index (χ2n) is 9.90. The molecule has 5 rings (SSSR count). The van der Waals surface area contributed by atoms with Crippen LogP contribution in [-0.4, -0.2) is 75.9 Å². The van der Waals surface area contributed by atoms with Gasteiger partial charge in [0.25, 0.3) is 5.69 Å². The lowest BCUT2D eigenvalue weighted by atomic mass is 9.96. The maximum atomic E-state index is 11.4. The van der Waals surface area contributed by atoms with E-state index >= 15 is 0 Å². The Labute approximate surface area is 233 Å². The predicted octanol–water partition coefficient (Wildman–Crippen LogP) is 4.10. The molecule has 2 aliphatic rings. The number of nitro benzene ring substituents is 1. The minimum Gasteiger partial charge on any atom is -0.494 e. The number of non-ortho nitro benzene ring substituents is 1. The molecule has 1 aromatic carbocycles. The molecule has 0 aliphatic carbocycles. The van der Waals surface area contributed by atoms with Crippen molar-refractivity contribution >= 4 is 23.0 Å². The average Bonchev–Trinajstić information content (AvgIpc) is 3.43. The molecule has 0 saturated carbocycles. The van der Waals surface area contributed by atoms with E-state index in [1.165, 1.54) is 19.2 Å². The van der Waals surface area contributed by atoms with Crippen LogP contribution >= 0.6 is 12.2 Å². The van der Waals surface area contributed by atoms with Gasteiger partial charge >= 0.3 is 0 Å². The van der Waals surface area contributed by atoms with E-state index in [1.54, 1.807) is 6.07 Å². The Morgan fingerprint density at radius 1 is 1.18 bits per heavy atom. The van der Waals surface area contributed by atoms with Gasteiger partial charge in [0.15, 0.2) is 5.11 Å². The molecule has 0 unspecified atom stereocenters. The highest BCUT2D eigenvalue weighted by Gasteiger charge is 2.41. The first-order valence-corrected chi connectivity index (χ1v) is 13.6. The van der Waals surface area contributed by atoms with Gasteiger partial charge in [0.1, 0.15) is 5.75 Å². The number of aryl methyl sites for hydroxylation is 1. The van der Waals surface area contributed by atoms with E-state index < -0.39 is 4.92 Å². The lowest BCUT2D eigenvalue weighted by Crippen LogP contribution is -2.39. The number of methoxy groups -OCH3 is 1. The number of hydrogen-bond acceptors (Lipinski definition) is 7. The minimum absolute atomic E-state index is 0.00899. The van der Waals surface area contributed by atoms with Gasteiger partial charge in [-0.3, -0.25) is 20.0 Å². The zero-order chi connectivity index (χ0) is 27.5. The molecule has 39 heavy (non-hydrogen) atoms. The van der Waals surface area contributed by atoms with E-state index in [0.717, 1.165) is 79.3 Å². The van der Waals surface area contributed by atoms with Crippen LogP contribution < -0.4 is 10.1 Å². The van der Waals surface area contributed by atoms with Gasteiger partial charge in [-0.05, 0) is 62.3 Å². The number of rotatable bonds is 9. The Morgan fingerprint density at radius 2 is 1.97 bits per heavy atom. The molecular formula is C28H34N6O4S. The summed E-state index contributed by atoms with van der Waals surface area (Å²) in [6.07, 6.45) is 2.78. The van der Waals surface area contributed by atoms with E-state index in [0.29, 0.717) is 5.75 Å². The lowest BCUT2D eigenvalue weighted by molar-refractivity contribution is -0.384. The minimum atomic E-state index is -0.412. The Kier molecular flexibility index (Phi) is 8.10. The van der Waals surface area contributed by atoms with Crippen LogP contribution in [0.4, 0.5) is 5.69 Å². The van der Waals surface area contributed by atoms with Crippen LogP contribution in [0.25, 0.3) is 5.69 Å². The van der Waals surface area contributed by atoms with Crippen molar-refractivity contribution < 1.29 is 14.4 Å². The summed E-state index contributed by atoms with van der Waals surface area (Å²) in [6.45, 7) is 9.40. The maximum absolute atomic E-state index is 11.4. The van der Waals surface area contributed by atoms with Crippen LogP contribution in [0, 0.1) is 24.0 Å². The standard InChI is InChI=1S/C28H34N6O4S/c1-19-17-22(20(2)33(19)24-9-8-21(34(35)36)18-25(24)37-3)27-26(23-7-4-5-10-29-23)30-28(39)32(27)12-6-11-31-13-15-38-16-14-31/h4-5,7-10,17-18,26-27H,6,11-16H2,1-3H3,(H,30,39)/t26-,27-/m1/s1. The molecule has 10 nitrogen and oxygen atoms in total. The van der Waals surface area contributed by atoms with E-state index in [-0.39, 0.29) is 17.8 Å². The van der Waals surface area contributed by atoms with Crippen LogP contribution in [0.2, 0.25) is 0 Å². The molecule has 3 aromatic rings. The van der Waals surface area contributed by atoms with E-state index in [2.05, 4.69) is 37.7 Å². The molecule has 4 heterocycles. The molecule has 2 fully saturated rings. The zero-order valence-corrected chi connectivity index (χ0v) is 23.3. The van der Waals surface area contributed by atoms with Crippen LogP contribution in [0.5, 0.6) is 5.75 Å². The summed E-state index contributed by atoms with van der Waals surface area (Å²) in [4.78, 5) is 20.3. The first-order valence-electron chi connectivity index (χ1n) is 13.2. The summed E-state index contributed by atoms with van der Waals surface area (Å²) >= 11 is 5.88. The molecule has 0 amide bonds. The number of ether oxygens (including phenoxy) is 2. The van der Waals surface area contributed by atoms with E-state index in [4.69, 9.17) is 21.7 Å². The second kappa shape index (κ2) is 11.7. The van der Waals surface area contributed by atoms with Crippen molar-refractivity contribution in [3.8, 4) is 11.4 Å². The molecular weight excluding hydrogens is 516 g/mol. The van der Waals surface area contributed by atoms with Crippen molar-refractivity contribution in [3.63, 3.8) is 0 Å². The number of thiocarbonyl (C=S) groups is 1. The SMILES string of the molecule is COc1cc([N+](=O)[O-])ccc1-n1c(C)cc([C@@H]2[C@@H](c3ccccn3)NC(=S)N2CCCN2CCOCC2)c1C. The number of benzene rings is 1. The smallest absolute Gasteiger partial charge is 0.273 e. The molecule has 2 aromatic heterocycles. The highest BCUT2D eigenvalue weighted by Crippen LogP contribution is 2.42. The fourth-order valence-electron chi connectivity index (χ4n) is 5.70. The third kappa shape index (κ3) is 5.47. The largest absolute Gasteiger partial charge is 0.494 e. The normalized spacial score (nSPS) is 19.8. The van der Waals surface area contributed by atoms with Crippen molar-refractivity contribution in [3.05, 3.63) is 81.4 Å². The second-order valence-corrected chi connectivity index (χ2v) is 10.3. The number of nitro groups is 1. The molecule has 206 valence electrons. The summed E-state index contributed by atoms with van der Waals surface area (Å²) in [5.74, 6) is 0.446. The van der Waals surface area contributed by atoms with Crippen LogP contribution in [0.3, 0.4) is 0 Å². The van der Waals surface area contributed by atoms with E-state index in [1.807, 2.05) is 31.3 Å². The van der Waals surface area contributed by atoms with Crippen LogP contribution in [-0.2, 0) is 4.74 Å². The highest BCUT2D eigenvalue weighted by atomic mass is 32.1. The van der Waals surface area contributed by atoms with Crippen molar-refractivity contribution in [1.29, 1.82) is 0 Å². The number of aromatic nitrogens is 2. The van der Waals surface area contributed by atoms with Gasteiger partial charge in [0, 0.05) is 49.8 Å². The fraction of sp³-hybridized carbons (Fsp3) is 0.429. The van der Waals surface area contributed by atoms with Crippen molar-refractivity contribution in [1.82, 2.24) is 24.7 Å². The highest BCUT2D eigenvalue weighted by molar-refractivity contribution is 7.80. The predicted molar refractivity (Wildman–Crippen MR) is 152 cm³/mol. The van der Waals surface area contributed by atoms with Gasteiger partial charge in [-0.2, -0.15) is 0 Å². The molecule has 0 radical (unpaired) electrons. The monoisotopic (exact) mass is 550 g/mol. The van der Waals surface area contributed by atoms with Crippen molar-refractivity contribution in [2.24, 2.45) is 0 Å². The van der Waals surface area contributed by atoms with Gasteiger partial charge in [-0.25, -0.2) is 0 Å². The summed E-state index contributed by atoms with van der Waals surface area (Å²) in [6, 6.07) is 12.7. The van der Waals surface area contributed by atoms with Crippen LogP contribution in [0.1, 0.15) is 41.1 Å². The Balaban J connectivity index is 1.51. The summed E-state index contributed by atoms with van der Waals surface area (Å²) < 4.78 is 13.2. The number of morpholine rings is 1. The molecule has 0 spiro atoms. The fourth-order valence-corrected chi connectivity index (χ4v) is 6.03. The zero-order valence-electron chi connectivity index (χ0n) is 22.5. The maximum Gasteiger partial charge on any atom is 0.273 e. The number of nitrogens with zero attached hydrogens (tertiary/aromatic N) is 5. The van der Waals surface area contributed by atoms with E-state index in [9.17, 15) is 10.1 Å². The molecule has 0 bridgehead atoms. The average molecular weight is 551 g/mol. The van der Waals surface area contributed by atoms with Crippen molar-refractivity contribution in [2.75, 3.05) is 46.5 Å². The summed E-state index contributed by atoms with van der Waals surface area (Å²) in [7, 11) is 1.53. The van der Waals surface area contributed by atoms with Gasteiger partial charge in [0.05, 0.1) is 54.8 Å². The van der Waals surface area contributed by atoms with Gasteiger partial charge in [-0.1, -0.05) is 6.07 Å². The quantitative estimate of drug-likeness (QED) is 0.240. The molecule has 11 heteroatoms. The molecule has 2 aliphatic heterocycles.